The molecule has 0 unspecified atom stereocenters. The lowest BCUT2D eigenvalue weighted by Crippen LogP contribution is -2.41. The van der Waals surface area contributed by atoms with Crippen LogP contribution in [-0.4, -0.2) is 9.79 Å². The number of unbranched alkanes of at least 4 members (excludes halogenated alkanes) is 4. The summed E-state index contributed by atoms with van der Waals surface area (Å²) < 4.78 is 6.88. The van der Waals surface area contributed by atoms with Gasteiger partial charge < -0.3 is 9.79 Å². The van der Waals surface area contributed by atoms with Gasteiger partial charge in [0.05, 0.1) is 0 Å². The second-order valence-corrected chi connectivity index (χ2v) is 17.9. The zero-order valence-corrected chi connectivity index (χ0v) is 32.1. The fraction of sp³-hybridized carbons (Fsp3) is 0.700. The summed E-state index contributed by atoms with van der Waals surface area (Å²) in [6, 6.07) is 9.52. The van der Waals surface area contributed by atoms with Crippen LogP contribution in [0.25, 0.3) is 0 Å². The van der Waals surface area contributed by atoms with E-state index >= 15 is 0 Å². The van der Waals surface area contributed by atoms with Gasteiger partial charge in [0.15, 0.2) is 0 Å². The highest BCUT2D eigenvalue weighted by molar-refractivity contribution is 7.39. The molecule has 2 aromatic rings. The van der Waals surface area contributed by atoms with Gasteiger partial charge in [0.1, 0.15) is 5.60 Å². The maximum Gasteiger partial charge on any atom is 0.328 e. The van der Waals surface area contributed by atoms with E-state index in [4.69, 9.17) is 4.52 Å². The van der Waals surface area contributed by atoms with E-state index in [-0.39, 0.29) is 21.7 Å². The highest BCUT2D eigenvalue weighted by Gasteiger charge is 2.48. The number of rotatable bonds is 12. The molecule has 3 nitrogen and oxygen atoms in total. The lowest BCUT2D eigenvalue weighted by molar-refractivity contribution is 0.0720. The van der Waals surface area contributed by atoms with Crippen molar-refractivity contribution in [1.29, 1.82) is 0 Å². The summed E-state index contributed by atoms with van der Waals surface area (Å²) in [6.07, 6.45) is 8.14. The first-order chi connectivity index (χ1) is 20.0. The van der Waals surface area contributed by atoms with Crippen LogP contribution in [0, 0.1) is 0 Å². The van der Waals surface area contributed by atoms with E-state index in [1.165, 1.54) is 52.6 Å². The minimum absolute atomic E-state index is 0.196. The van der Waals surface area contributed by atoms with Crippen molar-refractivity contribution >= 4 is 8.60 Å². The second kappa shape index (κ2) is 14.7. The predicted molar refractivity (Wildman–Crippen MR) is 193 cm³/mol. The number of aryl methyl sites for hydroxylation is 2. The minimum Gasteiger partial charge on any atom is -0.328 e. The van der Waals surface area contributed by atoms with Gasteiger partial charge in [0, 0.05) is 0 Å². The Labute approximate surface area is 273 Å². The summed E-state index contributed by atoms with van der Waals surface area (Å²) in [5.41, 5.74) is 8.04. The van der Waals surface area contributed by atoms with Crippen LogP contribution in [0.3, 0.4) is 0 Å². The number of benzene rings is 2. The Bertz CT molecular complexity index is 1080. The third-order valence-electron chi connectivity index (χ3n) is 9.12. The lowest BCUT2D eigenvalue weighted by atomic mass is 9.62. The number of hydrogen-bond acceptors (Lipinski definition) is 3. The van der Waals surface area contributed by atoms with Gasteiger partial charge in [-0.1, -0.05) is 154 Å². The van der Waals surface area contributed by atoms with Gasteiger partial charge in [-0.05, 0) is 91.9 Å². The van der Waals surface area contributed by atoms with Gasteiger partial charge in [0.2, 0.25) is 0 Å². The van der Waals surface area contributed by atoms with Crippen LogP contribution in [0.15, 0.2) is 24.3 Å². The summed E-state index contributed by atoms with van der Waals surface area (Å²) in [7, 11) is -2.68. The van der Waals surface area contributed by atoms with Crippen LogP contribution in [0.4, 0.5) is 0 Å². The quantitative estimate of drug-likeness (QED) is 0.182. The van der Waals surface area contributed by atoms with Crippen molar-refractivity contribution in [3.8, 4) is 0 Å². The standard InChI is InChI=1S/C40H67O3P/c1-16-19-20-21-22-23-40(43-44(41)42,34-30(36(4,5)6)24-28(17-2)25-31(34)37(7,8)9)35-32(38(10,11)12)26-29(18-3)27-33(35)39(13,14)15/h24-27,41-42H,16-23H2,1-15H3. The Hall–Kier alpha value is -1.25. The summed E-state index contributed by atoms with van der Waals surface area (Å²) in [5.74, 6) is 0. The zero-order chi connectivity index (χ0) is 33.9. The van der Waals surface area contributed by atoms with Gasteiger partial charge in [-0.15, -0.1) is 0 Å². The summed E-state index contributed by atoms with van der Waals surface area (Å²) in [6.45, 7) is 34.2. The average Bonchev–Trinajstić information content (AvgIpc) is 2.88. The Morgan fingerprint density at radius 3 is 1.09 bits per heavy atom. The molecule has 2 aromatic carbocycles. The fourth-order valence-electron chi connectivity index (χ4n) is 6.68. The largest absolute Gasteiger partial charge is 0.328 e. The second-order valence-electron chi connectivity index (χ2n) is 17.2. The van der Waals surface area contributed by atoms with Gasteiger partial charge in [-0.25, -0.2) is 0 Å². The third kappa shape index (κ3) is 9.18. The van der Waals surface area contributed by atoms with Crippen LogP contribution >= 0.6 is 8.60 Å². The van der Waals surface area contributed by atoms with E-state index in [9.17, 15) is 9.79 Å². The molecule has 0 aliphatic carbocycles. The molecule has 0 aliphatic heterocycles. The minimum atomic E-state index is -2.68. The van der Waals surface area contributed by atoms with Crippen molar-refractivity contribution in [3.63, 3.8) is 0 Å². The summed E-state index contributed by atoms with van der Waals surface area (Å²) >= 11 is 0. The first kappa shape index (κ1) is 38.9. The molecule has 0 aliphatic rings. The monoisotopic (exact) mass is 626 g/mol. The summed E-state index contributed by atoms with van der Waals surface area (Å²) in [4.78, 5) is 22.1. The molecule has 0 fully saturated rings. The highest BCUT2D eigenvalue weighted by atomic mass is 31.2. The lowest BCUT2D eigenvalue weighted by Gasteiger charge is -2.47. The van der Waals surface area contributed by atoms with Gasteiger partial charge >= 0.3 is 8.60 Å². The molecule has 0 amide bonds. The molecule has 250 valence electrons. The van der Waals surface area contributed by atoms with E-state index in [1.54, 1.807) is 0 Å². The molecule has 0 bridgehead atoms. The first-order valence-corrected chi connectivity index (χ1v) is 18.4. The molecule has 44 heavy (non-hydrogen) atoms. The average molecular weight is 627 g/mol. The Morgan fingerprint density at radius 1 is 0.523 bits per heavy atom. The van der Waals surface area contributed by atoms with Gasteiger partial charge in [0.25, 0.3) is 0 Å². The van der Waals surface area contributed by atoms with E-state index < -0.39 is 14.2 Å². The zero-order valence-electron chi connectivity index (χ0n) is 31.2. The van der Waals surface area contributed by atoms with E-state index in [0.717, 1.165) is 36.8 Å². The molecular weight excluding hydrogens is 559 g/mol. The fourth-order valence-corrected chi connectivity index (χ4v) is 7.23. The SMILES string of the molecule is CCCCCCCC(OP(O)O)(c1c(C(C)(C)C)cc(CC)cc1C(C)(C)C)c1c(C(C)(C)C)cc(CC)cc1C(C)(C)C. The van der Waals surface area contributed by atoms with Crippen molar-refractivity contribution in [1.82, 2.24) is 0 Å². The van der Waals surface area contributed by atoms with Gasteiger partial charge in [-0.2, -0.15) is 0 Å². The van der Waals surface area contributed by atoms with Crippen molar-refractivity contribution in [3.05, 3.63) is 68.8 Å². The first-order valence-electron chi connectivity index (χ1n) is 17.3. The van der Waals surface area contributed by atoms with E-state index in [2.05, 4.69) is 128 Å². The van der Waals surface area contributed by atoms with Crippen LogP contribution in [0.1, 0.15) is 187 Å². The topological polar surface area (TPSA) is 49.7 Å². The Balaban J connectivity index is 3.43. The molecular formula is C40H67O3P. The molecule has 0 aromatic heterocycles. The molecule has 0 saturated carbocycles. The Kier molecular flexibility index (Phi) is 13.0. The molecule has 2 rings (SSSR count). The van der Waals surface area contributed by atoms with Gasteiger partial charge in [-0.3, -0.25) is 4.52 Å². The maximum absolute atomic E-state index is 11.0. The molecule has 0 spiro atoms. The van der Waals surface area contributed by atoms with Crippen molar-refractivity contribution in [2.24, 2.45) is 0 Å². The smallest absolute Gasteiger partial charge is 0.328 e. The predicted octanol–water partition coefficient (Wildman–Crippen LogP) is 11.8. The summed E-state index contributed by atoms with van der Waals surface area (Å²) in [5, 5.41) is 0. The maximum atomic E-state index is 11.0. The van der Waals surface area contributed by atoms with Crippen molar-refractivity contribution in [2.75, 3.05) is 0 Å². The van der Waals surface area contributed by atoms with Crippen LogP contribution in [0.2, 0.25) is 0 Å². The van der Waals surface area contributed by atoms with E-state index in [1.807, 2.05) is 0 Å². The molecule has 0 heterocycles. The molecule has 2 N–H and O–H groups in total. The van der Waals surface area contributed by atoms with Crippen molar-refractivity contribution in [2.45, 2.75) is 182 Å². The van der Waals surface area contributed by atoms with Crippen LogP contribution < -0.4 is 0 Å². The van der Waals surface area contributed by atoms with Crippen LogP contribution in [0.5, 0.6) is 0 Å². The van der Waals surface area contributed by atoms with Crippen molar-refractivity contribution < 1.29 is 14.3 Å². The third-order valence-corrected chi connectivity index (χ3v) is 9.60. The molecule has 0 radical (unpaired) electrons. The number of hydrogen-bond donors (Lipinski definition) is 2. The van der Waals surface area contributed by atoms with E-state index in [0.29, 0.717) is 6.42 Å². The molecule has 4 heteroatoms. The van der Waals surface area contributed by atoms with Crippen LogP contribution in [-0.2, 0) is 44.6 Å². The highest BCUT2D eigenvalue weighted by Crippen LogP contribution is 2.56. The normalized spacial score (nSPS) is 13.7. The molecule has 0 saturated heterocycles. The molecule has 0 atom stereocenters. The Morgan fingerprint density at radius 2 is 0.841 bits per heavy atom.